The third-order valence-electron chi connectivity index (χ3n) is 4.95. The van der Waals surface area contributed by atoms with Gasteiger partial charge in [-0.3, -0.25) is 9.69 Å². The van der Waals surface area contributed by atoms with Crippen LogP contribution in [0.3, 0.4) is 0 Å². The summed E-state index contributed by atoms with van der Waals surface area (Å²) >= 11 is 0. The lowest BCUT2D eigenvalue weighted by Gasteiger charge is -2.34. The van der Waals surface area contributed by atoms with Crippen LogP contribution in [0.2, 0.25) is 0 Å². The number of hydrogen-bond acceptors (Lipinski definition) is 5. The molecule has 0 unspecified atom stereocenters. The zero-order valence-electron chi connectivity index (χ0n) is 13.4. The molecule has 7 nitrogen and oxygen atoms in total. The number of hydrogen-bond donors (Lipinski definition) is 0. The molecule has 2 aliphatic rings. The van der Waals surface area contributed by atoms with Gasteiger partial charge in [0.05, 0.1) is 13.2 Å². The summed E-state index contributed by atoms with van der Waals surface area (Å²) in [6.07, 6.45) is 4.18. The van der Waals surface area contributed by atoms with Gasteiger partial charge in [-0.25, -0.2) is 9.67 Å². The van der Waals surface area contributed by atoms with Crippen molar-refractivity contribution < 1.29 is 9.53 Å². The van der Waals surface area contributed by atoms with Crippen molar-refractivity contribution in [2.45, 2.75) is 32.4 Å². The van der Waals surface area contributed by atoms with Gasteiger partial charge in [0.25, 0.3) is 0 Å². The third kappa shape index (κ3) is 3.01. The standard InChI is InChI=1S/C15H25N5O2/c1-3-13-8-19(9-14(13)18-4-6-22-7-5-18)15(21)12(2)20-11-16-10-17-20/h10-14H,3-9H2,1-2H3/t12-,13-,14+/m1/s1. The van der Waals surface area contributed by atoms with Crippen molar-refractivity contribution in [3.8, 4) is 0 Å². The zero-order valence-corrected chi connectivity index (χ0v) is 13.4. The molecule has 0 spiro atoms. The lowest BCUT2D eigenvalue weighted by Crippen LogP contribution is -2.47. The minimum atomic E-state index is -0.288. The Morgan fingerprint density at radius 3 is 2.77 bits per heavy atom. The molecule has 2 fully saturated rings. The second-order valence-electron chi connectivity index (χ2n) is 6.18. The molecule has 2 saturated heterocycles. The van der Waals surface area contributed by atoms with Crippen LogP contribution in [0, 0.1) is 5.92 Å². The molecule has 1 aromatic heterocycles. The molecule has 0 N–H and O–H groups in total. The van der Waals surface area contributed by atoms with E-state index in [1.54, 1.807) is 11.0 Å². The highest BCUT2D eigenvalue weighted by molar-refractivity contribution is 5.80. The first-order valence-electron chi connectivity index (χ1n) is 8.15. The Morgan fingerprint density at radius 1 is 1.36 bits per heavy atom. The number of carbonyl (C=O) groups is 1. The molecular formula is C15H25N5O2. The Bertz CT molecular complexity index is 486. The number of likely N-dealkylation sites (tertiary alicyclic amines) is 1. The summed E-state index contributed by atoms with van der Waals surface area (Å²) in [7, 11) is 0. The van der Waals surface area contributed by atoms with Gasteiger partial charge in [0, 0.05) is 32.2 Å². The van der Waals surface area contributed by atoms with Crippen molar-refractivity contribution in [3.05, 3.63) is 12.7 Å². The first kappa shape index (κ1) is 15.4. The lowest BCUT2D eigenvalue weighted by atomic mass is 9.99. The van der Waals surface area contributed by atoms with Crippen LogP contribution < -0.4 is 0 Å². The van der Waals surface area contributed by atoms with E-state index in [1.807, 2.05) is 11.8 Å². The molecule has 2 aliphatic heterocycles. The molecule has 0 saturated carbocycles. The Kier molecular flexibility index (Phi) is 4.73. The van der Waals surface area contributed by atoms with E-state index in [1.165, 1.54) is 6.33 Å². The highest BCUT2D eigenvalue weighted by Gasteiger charge is 2.39. The van der Waals surface area contributed by atoms with Crippen molar-refractivity contribution in [1.29, 1.82) is 0 Å². The topological polar surface area (TPSA) is 63.5 Å². The van der Waals surface area contributed by atoms with E-state index in [4.69, 9.17) is 4.74 Å². The van der Waals surface area contributed by atoms with Gasteiger partial charge in [-0.2, -0.15) is 5.10 Å². The fourth-order valence-electron chi connectivity index (χ4n) is 3.55. The molecule has 0 aromatic carbocycles. The van der Waals surface area contributed by atoms with Gasteiger partial charge in [-0.05, 0) is 12.8 Å². The number of nitrogens with zero attached hydrogens (tertiary/aromatic N) is 5. The number of carbonyl (C=O) groups excluding carboxylic acids is 1. The van der Waals surface area contributed by atoms with Crippen LogP contribution in [0.1, 0.15) is 26.3 Å². The van der Waals surface area contributed by atoms with Gasteiger partial charge in [0.1, 0.15) is 18.7 Å². The van der Waals surface area contributed by atoms with Gasteiger partial charge < -0.3 is 9.64 Å². The quantitative estimate of drug-likeness (QED) is 0.806. The molecule has 3 rings (SSSR count). The van der Waals surface area contributed by atoms with Gasteiger partial charge >= 0.3 is 0 Å². The maximum atomic E-state index is 12.7. The summed E-state index contributed by atoms with van der Waals surface area (Å²) in [6.45, 7) is 9.32. The fraction of sp³-hybridized carbons (Fsp3) is 0.800. The van der Waals surface area contributed by atoms with Crippen LogP contribution in [0.25, 0.3) is 0 Å². The first-order chi connectivity index (χ1) is 10.7. The molecule has 0 aliphatic carbocycles. The summed E-state index contributed by atoms with van der Waals surface area (Å²) in [5.41, 5.74) is 0. The maximum absolute atomic E-state index is 12.7. The number of ether oxygens (including phenoxy) is 1. The Balaban J connectivity index is 1.66. The molecule has 1 amide bonds. The minimum Gasteiger partial charge on any atom is -0.379 e. The van der Waals surface area contributed by atoms with Crippen molar-refractivity contribution in [1.82, 2.24) is 24.6 Å². The monoisotopic (exact) mass is 307 g/mol. The molecule has 7 heteroatoms. The van der Waals surface area contributed by atoms with Crippen molar-refractivity contribution >= 4 is 5.91 Å². The number of morpholine rings is 1. The van der Waals surface area contributed by atoms with Crippen LogP contribution in [0.15, 0.2) is 12.7 Å². The van der Waals surface area contributed by atoms with Crippen molar-refractivity contribution in [2.24, 2.45) is 5.92 Å². The van der Waals surface area contributed by atoms with Gasteiger partial charge in [-0.15, -0.1) is 0 Å². The highest BCUT2D eigenvalue weighted by Crippen LogP contribution is 2.27. The fourth-order valence-corrected chi connectivity index (χ4v) is 3.55. The first-order valence-corrected chi connectivity index (χ1v) is 8.15. The predicted octanol–water partition coefficient (Wildman–Crippen LogP) is 0.408. The van der Waals surface area contributed by atoms with Crippen LogP contribution in [-0.4, -0.2) is 75.9 Å². The van der Waals surface area contributed by atoms with Gasteiger partial charge in [-0.1, -0.05) is 13.3 Å². The number of rotatable bonds is 4. The van der Waals surface area contributed by atoms with E-state index < -0.39 is 0 Å². The maximum Gasteiger partial charge on any atom is 0.247 e. The zero-order chi connectivity index (χ0) is 15.5. The summed E-state index contributed by atoms with van der Waals surface area (Å²) in [6, 6.07) is 0.171. The Hall–Kier alpha value is -1.47. The summed E-state index contributed by atoms with van der Waals surface area (Å²) < 4.78 is 7.08. The van der Waals surface area contributed by atoms with Crippen LogP contribution in [-0.2, 0) is 9.53 Å². The van der Waals surface area contributed by atoms with E-state index in [-0.39, 0.29) is 11.9 Å². The summed E-state index contributed by atoms with van der Waals surface area (Å²) in [5, 5.41) is 4.09. The van der Waals surface area contributed by atoms with E-state index >= 15 is 0 Å². The molecule has 3 heterocycles. The van der Waals surface area contributed by atoms with Gasteiger partial charge in [0.2, 0.25) is 5.91 Å². The van der Waals surface area contributed by atoms with Crippen LogP contribution in [0.5, 0.6) is 0 Å². The second-order valence-corrected chi connectivity index (χ2v) is 6.18. The van der Waals surface area contributed by atoms with E-state index in [0.717, 1.165) is 45.8 Å². The van der Waals surface area contributed by atoms with E-state index in [2.05, 4.69) is 21.9 Å². The average molecular weight is 307 g/mol. The lowest BCUT2D eigenvalue weighted by molar-refractivity contribution is -0.133. The van der Waals surface area contributed by atoms with Crippen LogP contribution >= 0.6 is 0 Å². The molecule has 0 bridgehead atoms. The number of aromatic nitrogens is 3. The SMILES string of the molecule is CC[C@@H]1CN(C(=O)[C@@H](C)n2cncn2)C[C@@H]1N1CCOCC1. The summed E-state index contributed by atoms with van der Waals surface area (Å²) in [5.74, 6) is 0.685. The van der Waals surface area contributed by atoms with E-state index in [0.29, 0.717) is 12.0 Å². The largest absolute Gasteiger partial charge is 0.379 e. The molecule has 0 radical (unpaired) electrons. The van der Waals surface area contributed by atoms with E-state index in [9.17, 15) is 4.79 Å². The smallest absolute Gasteiger partial charge is 0.247 e. The second kappa shape index (κ2) is 6.75. The Labute approximate surface area is 131 Å². The molecule has 1 aromatic rings. The van der Waals surface area contributed by atoms with Gasteiger partial charge in [0.15, 0.2) is 0 Å². The molecule has 22 heavy (non-hydrogen) atoms. The molecular weight excluding hydrogens is 282 g/mol. The average Bonchev–Trinajstić information content (AvgIpc) is 3.23. The molecule has 3 atom stereocenters. The summed E-state index contributed by atoms with van der Waals surface area (Å²) in [4.78, 5) is 21.2. The normalized spacial score (nSPS) is 28.0. The molecule has 122 valence electrons. The predicted molar refractivity (Wildman–Crippen MR) is 81.3 cm³/mol. The third-order valence-corrected chi connectivity index (χ3v) is 4.95. The van der Waals surface area contributed by atoms with Crippen LogP contribution in [0.4, 0.5) is 0 Å². The van der Waals surface area contributed by atoms with Crippen molar-refractivity contribution in [2.75, 3.05) is 39.4 Å². The van der Waals surface area contributed by atoms with Crippen molar-refractivity contribution in [3.63, 3.8) is 0 Å². The Morgan fingerprint density at radius 2 is 2.14 bits per heavy atom. The highest BCUT2D eigenvalue weighted by atomic mass is 16.5. The minimum absolute atomic E-state index is 0.139. The number of amides is 1.